The molecule has 0 aliphatic carbocycles. The SMILES string of the molecule is OC[C@H]1O[C@@H](OC[C@H]2OC(O)[C@@H](O)[C@@H](O)[C@@H]2O)[C@H](O)[C@@H](O)[C@@H]1O. The van der Waals surface area contributed by atoms with Crippen LogP contribution in [0.4, 0.5) is 0 Å². The summed E-state index contributed by atoms with van der Waals surface area (Å²) in [5.74, 6) is 0. The van der Waals surface area contributed by atoms with Crippen LogP contribution in [0.5, 0.6) is 0 Å². The van der Waals surface area contributed by atoms with Gasteiger partial charge in [-0.25, -0.2) is 0 Å². The molecule has 23 heavy (non-hydrogen) atoms. The molecule has 11 nitrogen and oxygen atoms in total. The third-order valence-corrected chi connectivity index (χ3v) is 3.96. The molecule has 2 saturated heterocycles. The maximum absolute atomic E-state index is 9.78. The second-order valence-corrected chi connectivity index (χ2v) is 5.57. The Kier molecular flexibility index (Phi) is 6.27. The Balaban J connectivity index is 1.94. The Morgan fingerprint density at radius 1 is 0.652 bits per heavy atom. The van der Waals surface area contributed by atoms with Crippen LogP contribution >= 0.6 is 0 Å². The quantitative estimate of drug-likeness (QED) is 0.243. The van der Waals surface area contributed by atoms with Crippen molar-refractivity contribution in [3.63, 3.8) is 0 Å². The highest BCUT2D eigenvalue weighted by molar-refractivity contribution is 4.91. The molecule has 0 saturated carbocycles. The maximum atomic E-state index is 9.78. The van der Waals surface area contributed by atoms with Crippen LogP contribution < -0.4 is 0 Å². The largest absolute Gasteiger partial charge is 0.394 e. The monoisotopic (exact) mass is 342 g/mol. The highest BCUT2D eigenvalue weighted by Gasteiger charge is 2.46. The molecule has 11 heteroatoms. The molecular weight excluding hydrogens is 320 g/mol. The summed E-state index contributed by atoms with van der Waals surface area (Å²) in [6.45, 7) is -1.10. The number of ether oxygens (including phenoxy) is 3. The Bertz CT molecular complexity index is 380. The van der Waals surface area contributed by atoms with E-state index in [9.17, 15) is 35.7 Å². The van der Waals surface area contributed by atoms with Crippen molar-refractivity contribution in [2.24, 2.45) is 0 Å². The van der Waals surface area contributed by atoms with Gasteiger partial charge in [0.15, 0.2) is 12.6 Å². The molecule has 1 unspecified atom stereocenters. The van der Waals surface area contributed by atoms with Crippen molar-refractivity contribution in [2.75, 3.05) is 13.2 Å². The van der Waals surface area contributed by atoms with Gasteiger partial charge in [-0.15, -0.1) is 0 Å². The standard InChI is InChI=1S/C12H22O11/c13-1-3-5(14)8(17)10(19)12(23-3)21-2-4-6(15)7(16)9(18)11(20)22-4/h3-20H,1-2H2/t3-,4-,5-,6-,7+,8+,9+,10-,11?,12-/m1/s1. The zero-order chi connectivity index (χ0) is 17.3. The number of aliphatic hydroxyl groups is 8. The average Bonchev–Trinajstić information content (AvgIpc) is 2.54. The summed E-state index contributed by atoms with van der Waals surface area (Å²) in [5.41, 5.74) is 0. The Labute approximate surface area is 130 Å². The lowest BCUT2D eigenvalue weighted by atomic mass is 9.98. The van der Waals surface area contributed by atoms with Crippen LogP contribution in [-0.4, -0.2) is 115 Å². The van der Waals surface area contributed by atoms with Gasteiger partial charge in [0, 0.05) is 0 Å². The van der Waals surface area contributed by atoms with Crippen molar-refractivity contribution in [3.05, 3.63) is 0 Å². The van der Waals surface area contributed by atoms with Crippen molar-refractivity contribution in [1.29, 1.82) is 0 Å². The zero-order valence-corrected chi connectivity index (χ0v) is 12.0. The summed E-state index contributed by atoms with van der Waals surface area (Å²) >= 11 is 0. The summed E-state index contributed by atoms with van der Waals surface area (Å²) in [6, 6.07) is 0. The van der Waals surface area contributed by atoms with Gasteiger partial charge in [0.1, 0.15) is 48.8 Å². The second-order valence-electron chi connectivity index (χ2n) is 5.57. The van der Waals surface area contributed by atoms with Crippen LogP contribution in [0.1, 0.15) is 0 Å². The van der Waals surface area contributed by atoms with Gasteiger partial charge in [0.25, 0.3) is 0 Å². The number of aliphatic hydroxyl groups excluding tert-OH is 8. The molecule has 0 aromatic rings. The van der Waals surface area contributed by atoms with Crippen LogP contribution in [0, 0.1) is 0 Å². The zero-order valence-electron chi connectivity index (χ0n) is 12.0. The molecule has 2 fully saturated rings. The van der Waals surface area contributed by atoms with Crippen molar-refractivity contribution < 1.29 is 55.1 Å². The maximum Gasteiger partial charge on any atom is 0.186 e. The Morgan fingerprint density at radius 2 is 1.22 bits per heavy atom. The molecule has 2 heterocycles. The first-order chi connectivity index (χ1) is 10.8. The minimum absolute atomic E-state index is 0.468. The van der Waals surface area contributed by atoms with Crippen LogP contribution in [0.2, 0.25) is 0 Å². The first-order valence-corrected chi connectivity index (χ1v) is 7.07. The number of hydrogen-bond donors (Lipinski definition) is 8. The fourth-order valence-electron chi connectivity index (χ4n) is 2.46. The molecule has 8 N–H and O–H groups in total. The highest BCUT2D eigenvalue weighted by atomic mass is 16.7. The summed E-state index contributed by atoms with van der Waals surface area (Å²) in [7, 11) is 0. The smallest absolute Gasteiger partial charge is 0.186 e. The third kappa shape index (κ3) is 3.81. The van der Waals surface area contributed by atoms with Gasteiger partial charge < -0.3 is 55.1 Å². The minimum atomic E-state index is -1.74. The predicted molar refractivity (Wildman–Crippen MR) is 68.6 cm³/mol. The molecule has 2 aliphatic rings. The molecule has 2 rings (SSSR count). The summed E-state index contributed by atoms with van der Waals surface area (Å²) < 4.78 is 15.1. The van der Waals surface area contributed by atoms with Gasteiger partial charge in [-0.1, -0.05) is 0 Å². The lowest BCUT2D eigenvalue weighted by Crippen LogP contribution is -2.61. The molecule has 2 aliphatic heterocycles. The van der Waals surface area contributed by atoms with Gasteiger partial charge in [-0.2, -0.15) is 0 Å². The Hall–Kier alpha value is -0.440. The van der Waals surface area contributed by atoms with E-state index in [2.05, 4.69) is 0 Å². The van der Waals surface area contributed by atoms with Crippen LogP contribution in [0.15, 0.2) is 0 Å². The molecule has 10 atom stereocenters. The van der Waals surface area contributed by atoms with E-state index in [1.165, 1.54) is 0 Å². The predicted octanol–water partition coefficient (Wildman–Crippen LogP) is -5.40. The molecule has 0 spiro atoms. The van der Waals surface area contributed by atoms with Gasteiger partial charge in [-0.05, 0) is 0 Å². The van der Waals surface area contributed by atoms with Crippen molar-refractivity contribution >= 4 is 0 Å². The van der Waals surface area contributed by atoms with Gasteiger partial charge in [0.05, 0.1) is 13.2 Å². The van der Waals surface area contributed by atoms with Gasteiger partial charge >= 0.3 is 0 Å². The lowest BCUT2D eigenvalue weighted by Gasteiger charge is -2.41. The molecule has 0 aromatic heterocycles. The normalized spacial score (nSPS) is 51.7. The van der Waals surface area contributed by atoms with Crippen LogP contribution in [0.25, 0.3) is 0 Å². The highest BCUT2D eigenvalue weighted by Crippen LogP contribution is 2.24. The number of rotatable bonds is 4. The van der Waals surface area contributed by atoms with E-state index >= 15 is 0 Å². The second kappa shape index (κ2) is 7.63. The van der Waals surface area contributed by atoms with Crippen LogP contribution in [-0.2, 0) is 14.2 Å². The van der Waals surface area contributed by atoms with Crippen LogP contribution in [0.3, 0.4) is 0 Å². The fraction of sp³-hybridized carbons (Fsp3) is 1.00. The van der Waals surface area contributed by atoms with E-state index < -0.39 is 74.6 Å². The first kappa shape index (κ1) is 18.9. The van der Waals surface area contributed by atoms with Crippen molar-refractivity contribution in [3.8, 4) is 0 Å². The lowest BCUT2D eigenvalue weighted by molar-refractivity contribution is -0.325. The first-order valence-electron chi connectivity index (χ1n) is 7.07. The summed E-state index contributed by atoms with van der Waals surface area (Å²) in [6.07, 6.45) is -15.3. The molecule has 136 valence electrons. The van der Waals surface area contributed by atoms with E-state index in [1.54, 1.807) is 0 Å². The minimum Gasteiger partial charge on any atom is -0.394 e. The topological polar surface area (TPSA) is 190 Å². The molecule has 0 radical (unpaired) electrons. The molecule has 0 bridgehead atoms. The summed E-state index contributed by atoms with van der Waals surface area (Å²) in [4.78, 5) is 0. The molecular formula is C12H22O11. The average molecular weight is 342 g/mol. The summed E-state index contributed by atoms with van der Waals surface area (Å²) in [5, 5.41) is 76.1. The van der Waals surface area contributed by atoms with Crippen molar-refractivity contribution in [1.82, 2.24) is 0 Å². The van der Waals surface area contributed by atoms with E-state index in [0.29, 0.717) is 0 Å². The van der Waals surface area contributed by atoms with Gasteiger partial charge in [-0.3, -0.25) is 0 Å². The molecule has 0 aromatic carbocycles. The van der Waals surface area contributed by atoms with Gasteiger partial charge in [0.2, 0.25) is 0 Å². The van der Waals surface area contributed by atoms with Crippen molar-refractivity contribution in [2.45, 2.75) is 61.4 Å². The Morgan fingerprint density at radius 3 is 1.83 bits per heavy atom. The number of hydrogen-bond acceptors (Lipinski definition) is 11. The van der Waals surface area contributed by atoms with E-state index in [0.717, 1.165) is 0 Å². The van der Waals surface area contributed by atoms with E-state index in [1.807, 2.05) is 0 Å². The third-order valence-electron chi connectivity index (χ3n) is 3.96. The fourth-order valence-corrected chi connectivity index (χ4v) is 2.46. The molecule has 0 amide bonds. The van der Waals surface area contributed by atoms with E-state index in [-0.39, 0.29) is 0 Å². The van der Waals surface area contributed by atoms with E-state index in [4.69, 9.17) is 19.3 Å².